The van der Waals surface area contributed by atoms with E-state index in [1.54, 1.807) is 13.2 Å². The second kappa shape index (κ2) is 7.49. The third kappa shape index (κ3) is 3.43. The molecule has 0 amide bonds. The van der Waals surface area contributed by atoms with Crippen molar-refractivity contribution in [3.8, 4) is 22.4 Å². The van der Waals surface area contributed by atoms with Crippen molar-refractivity contribution in [1.82, 2.24) is 24.5 Å². The van der Waals surface area contributed by atoms with Gasteiger partial charge in [0.1, 0.15) is 5.69 Å². The monoisotopic (exact) mass is 471 g/mol. The summed E-state index contributed by atoms with van der Waals surface area (Å²) in [7, 11) is 1.59. The smallest absolute Gasteiger partial charge is 0.305 e. The lowest BCUT2D eigenvalue weighted by Gasteiger charge is -2.11. The number of para-hydroxylation sites is 1. The summed E-state index contributed by atoms with van der Waals surface area (Å²) in [6.07, 6.45) is -1.62. The molecule has 2 aromatic carbocycles. The predicted octanol–water partition coefficient (Wildman–Crippen LogP) is 5.71. The Morgan fingerprint density at radius 3 is 2.40 bits per heavy atom. The predicted molar refractivity (Wildman–Crippen MR) is 128 cm³/mol. The van der Waals surface area contributed by atoms with Crippen molar-refractivity contribution in [2.24, 2.45) is 7.05 Å². The van der Waals surface area contributed by atoms with Gasteiger partial charge in [-0.2, -0.15) is 13.2 Å². The summed E-state index contributed by atoms with van der Waals surface area (Å²) < 4.78 is 40.3. The van der Waals surface area contributed by atoms with E-state index in [2.05, 4.69) is 15.0 Å². The molecule has 0 aliphatic heterocycles. The molecule has 0 fully saturated rings. The van der Waals surface area contributed by atoms with Gasteiger partial charge in [-0.05, 0) is 42.0 Å². The maximum atomic E-state index is 13.0. The zero-order chi connectivity index (χ0) is 24.3. The molecule has 0 atom stereocenters. The van der Waals surface area contributed by atoms with Gasteiger partial charge in [0, 0.05) is 41.3 Å². The summed E-state index contributed by atoms with van der Waals surface area (Å²) in [5.41, 5.74) is 3.72. The quantitative estimate of drug-likeness (QED) is 0.351. The van der Waals surface area contributed by atoms with Crippen LogP contribution in [0.15, 0.2) is 77.9 Å². The maximum absolute atomic E-state index is 13.0. The first-order valence-corrected chi connectivity index (χ1v) is 10.7. The standard InChI is InChI=1S/C26H16F3N5O/c1-34-24-22(16-7-9-21(31-12-16)26(27,28)29)32-20-8-6-14(11-18(20)23(24)33-25(34)35)17-10-15-4-2-3-5-19(15)30-13-17/h2-13H,1H3,(H,33,35). The lowest BCUT2D eigenvalue weighted by molar-refractivity contribution is -0.141. The van der Waals surface area contributed by atoms with Crippen molar-refractivity contribution in [2.75, 3.05) is 0 Å². The molecule has 6 aromatic rings. The van der Waals surface area contributed by atoms with E-state index < -0.39 is 11.9 Å². The highest BCUT2D eigenvalue weighted by molar-refractivity contribution is 6.08. The Kier molecular flexibility index (Phi) is 4.50. The van der Waals surface area contributed by atoms with Gasteiger partial charge >= 0.3 is 11.9 Å². The second-order valence-corrected chi connectivity index (χ2v) is 8.25. The zero-order valence-electron chi connectivity index (χ0n) is 18.3. The number of nitrogens with one attached hydrogen (secondary N) is 1. The van der Waals surface area contributed by atoms with Gasteiger partial charge in [0.15, 0.2) is 0 Å². The first kappa shape index (κ1) is 21.0. The first-order valence-electron chi connectivity index (χ1n) is 10.7. The van der Waals surface area contributed by atoms with Gasteiger partial charge in [0.05, 0.1) is 27.8 Å². The average molecular weight is 471 g/mol. The van der Waals surface area contributed by atoms with Gasteiger partial charge in [-0.3, -0.25) is 14.5 Å². The van der Waals surface area contributed by atoms with Gasteiger partial charge in [0.2, 0.25) is 0 Å². The number of aromatic nitrogens is 5. The molecule has 6 rings (SSSR count). The molecule has 0 saturated carbocycles. The topological polar surface area (TPSA) is 76.5 Å². The summed E-state index contributed by atoms with van der Waals surface area (Å²) in [5.74, 6) is 0. The summed E-state index contributed by atoms with van der Waals surface area (Å²) >= 11 is 0. The minimum atomic E-state index is -4.54. The summed E-state index contributed by atoms with van der Waals surface area (Å²) in [6, 6.07) is 17.8. The summed E-state index contributed by atoms with van der Waals surface area (Å²) in [4.78, 5) is 28.2. The SMILES string of the molecule is Cn1c(=O)[nH]c2c3cc(-c4cnc5ccccc5c4)ccc3nc(-c3ccc(C(F)(F)F)nc3)c21. The molecule has 0 bridgehead atoms. The minimum Gasteiger partial charge on any atom is -0.305 e. The number of rotatable bonds is 2. The molecule has 4 heterocycles. The zero-order valence-corrected chi connectivity index (χ0v) is 18.3. The van der Waals surface area contributed by atoms with Crippen molar-refractivity contribution in [2.45, 2.75) is 6.18 Å². The number of benzene rings is 2. The van der Waals surface area contributed by atoms with E-state index in [9.17, 15) is 18.0 Å². The number of aryl methyl sites for hydroxylation is 1. The van der Waals surface area contributed by atoms with E-state index in [-0.39, 0.29) is 5.69 Å². The van der Waals surface area contributed by atoms with E-state index in [1.165, 1.54) is 10.6 Å². The van der Waals surface area contributed by atoms with Crippen LogP contribution >= 0.6 is 0 Å². The number of imidazole rings is 1. The Bertz CT molecular complexity index is 1820. The number of hydrogen-bond donors (Lipinski definition) is 1. The number of fused-ring (bicyclic) bond motifs is 4. The number of pyridine rings is 3. The molecule has 0 radical (unpaired) electrons. The normalized spacial score (nSPS) is 12.1. The Morgan fingerprint density at radius 1 is 0.857 bits per heavy atom. The van der Waals surface area contributed by atoms with Crippen molar-refractivity contribution in [1.29, 1.82) is 0 Å². The van der Waals surface area contributed by atoms with Crippen LogP contribution in [-0.2, 0) is 13.2 Å². The fourth-order valence-corrected chi connectivity index (χ4v) is 4.31. The van der Waals surface area contributed by atoms with Gasteiger partial charge in [-0.25, -0.2) is 9.78 Å². The lowest BCUT2D eigenvalue weighted by atomic mass is 10.0. The summed E-state index contributed by atoms with van der Waals surface area (Å²) in [6.45, 7) is 0. The number of hydrogen-bond acceptors (Lipinski definition) is 4. The van der Waals surface area contributed by atoms with E-state index in [0.717, 1.165) is 34.3 Å². The van der Waals surface area contributed by atoms with Crippen LogP contribution in [0.3, 0.4) is 0 Å². The average Bonchev–Trinajstić information content (AvgIpc) is 3.17. The highest BCUT2D eigenvalue weighted by atomic mass is 19.4. The molecule has 1 N–H and O–H groups in total. The molecule has 0 aliphatic rings. The summed E-state index contributed by atoms with van der Waals surface area (Å²) in [5, 5.41) is 1.72. The van der Waals surface area contributed by atoms with E-state index >= 15 is 0 Å². The molecule has 35 heavy (non-hydrogen) atoms. The molecular formula is C26H16F3N5O. The third-order valence-electron chi connectivity index (χ3n) is 6.08. The highest BCUT2D eigenvalue weighted by Gasteiger charge is 2.32. The highest BCUT2D eigenvalue weighted by Crippen LogP contribution is 2.34. The van der Waals surface area contributed by atoms with Gasteiger partial charge in [-0.1, -0.05) is 24.3 Å². The van der Waals surface area contributed by atoms with Crippen molar-refractivity contribution in [3.63, 3.8) is 0 Å². The first-order chi connectivity index (χ1) is 16.8. The number of aromatic amines is 1. The molecule has 4 aromatic heterocycles. The molecule has 0 spiro atoms. The number of halogens is 3. The van der Waals surface area contributed by atoms with Crippen LogP contribution in [0.5, 0.6) is 0 Å². The lowest BCUT2D eigenvalue weighted by Crippen LogP contribution is -2.12. The minimum absolute atomic E-state index is 0.354. The van der Waals surface area contributed by atoms with Gasteiger partial charge in [0.25, 0.3) is 0 Å². The van der Waals surface area contributed by atoms with E-state index in [0.29, 0.717) is 33.2 Å². The van der Waals surface area contributed by atoms with Crippen molar-refractivity contribution < 1.29 is 13.2 Å². The molecule has 172 valence electrons. The number of nitrogens with zero attached hydrogens (tertiary/aromatic N) is 4. The van der Waals surface area contributed by atoms with Crippen molar-refractivity contribution >= 4 is 32.8 Å². The van der Waals surface area contributed by atoms with E-state index in [4.69, 9.17) is 4.98 Å². The number of alkyl halides is 3. The Balaban J connectivity index is 1.57. The largest absolute Gasteiger partial charge is 0.433 e. The Hall–Kier alpha value is -4.53. The Labute approximate surface area is 195 Å². The van der Waals surface area contributed by atoms with Crippen molar-refractivity contribution in [3.05, 3.63) is 89.2 Å². The molecule has 0 saturated heterocycles. The van der Waals surface area contributed by atoms with Gasteiger partial charge < -0.3 is 4.98 Å². The van der Waals surface area contributed by atoms with Crippen LogP contribution in [0.25, 0.3) is 55.2 Å². The molecule has 0 unspecified atom stereocenters. The molecule has 0 aliphatic carbocycles. The van der Waals surface area contributed by atoms with Crippen LogP contribution in [0, 0.1) is 0 Å². The maximum Gasteiger partial charge on any atom is 0.433 e. The van der Waals surface area contributed by atoms with Crippen LogP contribution in [0.1, 0.15) is 5.69 Å². The molecule has 6 nitrogen and oxygen atoms in total. The van der Waals surface area contributed by atoms with Gasteiger partial charge in [-0.15, -0.1) is 0 Å². The Morgan fingerprint density at radius 2 is 1.63 bits per heavy atom. The van der Waals surface area contributed by atoms with Crippen LogP contribution in [0.2, 0.25) is 0 Å². The van der Waals surface area contributed by atoms with Crippen LogP contribution in [0.4, 0.5) is 13.2 Å². The molecular weight excluding hydrogens is 455 g/mol. The number of H-pyrrole nitrogens is 1. The fraction of sp³-hybridized carbons (Fsp3) is 0.0769. The molecule has 9 heteroatoms. The van der Waals surface area contributed by atoms with Crippen LogP contribution in [-0.4, -0.2) is 24.5 Å². The second-order valence-electron chi connectivity index (χ2n) is 8.25. The third-order valence-corrected chi connectivity index (χ3v) is 6.08. The van der Waals surface area contributed by atoms with Crippen LogP contribution < -0.4 is 5.69 Å². The van der Waals surface area contributed by atoms with E-state index in [1.807, 2.05) is 48.5 Å². The fourth-order valence-electron chi connectivity index (χ4n) is 4.31.